The van der Waals surface area contributed by atoms with Crippen LogP contribution in [-0.2, 0) is 5.41 Å². The van der Waals surface area contributed by atoms with Crippen molar-refractivity contribution in [2.45, 2.75) is 19.3 Å². The van der Waals surface area contributed by atoms with Gasteiger partial charge in [0.05, 0.1) is 0 Å². The first kappa shape index (κ1) is 24.9. The quantitative estimate of drug-likeness (QED) is 0.181. The Bertz CT molecular complexity index is 2650. The van der Waals surface area contributed by atoms with Crippen LogP contribution in [0, 0.1) is 0 Å². The van der Waals surface area contributed by atoms with Crippen molar-refractivity contribution in [1.29, 1.82) is 0 Å². The highest BCUT2D eigenvalue weighted by Crippen LogP contribution is 2.51. The van der Waals surface area contributed by atoms with Gasteiger partial charge in [-0.25, -0.2) is 0 Å². The van der Waals surface area contributed by atoms with Crippen LogP contribution in [0.2, 0.25) is 0 Å². The molecule has 0 aliphatic heterocycles. The molecule has 1 aliphatic carbocycles. The summed E-state index contributed by atoms with van der Waals surface area (Å²) in [5.41, 5.74) is 10.6. The Labute approximate surface area is 262 Å². The first-order valence-electron chi connectivity index (χ1n) is 15.9. The SMILES string of the molecule is CC1(C)c2cc(-c3cccc4cccc(-c5ccc6ccc7cccc8ccc5c6c78)c34)ccc2-c2cc3ccccc3cc21. The third kappa shape index (κ3) is 3.37. The first-order chi connectivity index (χ1) is 22.1. The van der Waals surface area contributed by atoms with E-state index in [1.807, 2.05) is 0 Å². The molecule has 0 unspecified atom stereocenters. The van der Waals surface area contributed by atoms with E-state index in [9.17, 15) is 0 Å². The summed E-state index contributed by atoms with van der Waals surface area (Å²) < 4.78 is 0. The van der Waals surface area contributed by atoms with Crippen molar-refractivity contribution >= 4 is 53.9 Å². The van der Waals surface area contributed by atoms with Gasteiger partial charge >= 0.3 is 0 Å². The highest BCUT2D eigenvalue weighted by molar-refractivity contribution is 6.26. The predicted octanol–water partition coefficient (Wildman–Crippen LogP) is 12.5. The Balaban J connectivity index is 1.22. The molecule has 45 heavy (non-hydrogen) atoms. The van der Waals surface area contributed by atoms with E-state index in [2.05, 4.69) is 159 Å². The van der Waals surface area contributed by atoms with Crippen LogP contribution in [0.1, 0.15) is 25.0 Å². The molecule has 1 aliphatic rings. The summed E-state index contributed by atoms with van der Waals surface area (Å²) in [5, 5.41) is 13.1. The van der Waals surface area contributed by atoms with Crippen molar-refractivity contribution in [2.24, 2.45) is 0 Å². The van der Waals surface area contributed by atoms with E-state index in [4.69, 9.17) is 0 Å². The molecule has 0 aromatic heterocycles. The van der Waals surface area contributed by atoms with E-state index in [0.717, 1.165) is 0 Å². The lowest BCUT2D eigenvalue weighted by atomic mass is 9.80. The lowest BCUT2D eigenvalue weighted by Crippen LogP contribution is -2.15. The minimum absolute atomic E-state index is 0.0792. The van der Waals surface area contributed by atoms with Gasteiger partial charge in [0.15, 0.2) is 0 Å². The molecule has 0 fully saturated rings. The average Bonchev–Trinajstić information content (AvgIpc) is 3.30. The number of fused-ring (bicyclic) bond motifs is 5. The van der Waals surface area contributed by atoms with Crippen LogP contribution in [0.5, 0.6) is 0 Å². The van der Waals surface area contributed by atoms with Crippen molar-refractivity contribution in [3.63, 3.8) is 0 Å². The van der Waals surface area contributed by atoms with Crippen LogP contribution >= 0.6 is 0 Å². The average molecular weight is 571 g/mol. The number of hydrogen-bond donors (Lipinski definition) is 0. The molecule has 0 bridgehead atoms. The van der Waals surface area contributed by atoms with Crippen LogP contribution in [0.15, 0.2) is 146 Å². The van der Waals surface area contributed by atoms with E-state index < -0.39 is 0 Å². The second-order valence-electron chi connectivity index (χ2n) is 13.3. The van der Waals surface area contributed by atoms with Gasteiger partial charge in [0.2, 0.25) is 0 Å². The summed E-state index contributed by atoms with van der Waals surface area (Å²) in [4.78, 5) is 0. The van der Waals surface area contributed by atoms with Crippen molar-refractivity contribution in [2.75, 3.05) is 0 Å². The van der Waals surface area contributed by atoms with E-state index >= 15 is 0 Å². The van der Waals surface area contributed by atoms with Gasteiger partial charge in [-0.3, -0.25) is 0 Å². The van der Waals surface area contributed by atoms with Gasteiger partial charge in [0.25, 0.3) is 0 Å². The Kier molecular flexibility index (Phi) is 4.88. The van der Waals surface area contributed by atoms with E-state index in [0.29, 0.717) is 0 Å². The Hall–Kier alpha value is -5.46. The van der Waals surface area contributed by atoms with Gasteiger partial charge in [0, 0.05) is 5.41 Å². The fraction of sp³-hybridized carbons (Fsp3) is 0.0667. The summed E-state index contributed by atoms with van der Waals surface area (Å²) in [7, 11) is 0. The molecule has 0 saturated heterocycles. The molecule has 10 rings (SSSR count). The van der Waals surface area contributed by atoms with Crippen LogP contribution in [0.3, 0.4) is 0 Å². The van der Waals surface area contributed by atoms with Gasteiger partial charge in [-0.2, -0.15) is 0 Å². The third-order valence-electron chi connectivity index (χ3n) is 10.6. The standard InChI is InChI=1S/C45H30/c1-45(2)40-26-33(20-22-36(40)39-24-31-8-3-4-9-32(31)25-41(39)45)34-14-6-12-27-13-7-15-37(43(27)34)35-21-18-30-17-16-28-10-5-11-29-19-23-38(35)44(30)42(28)29/h3-26H,1-2H3. The lowest BCUT2D eigenvalue weighted by Gasteiger charge is -2.23. The number of benzene rings is 9. The van der Waals surface area contributed by atoms with Gasteiger partial charge in [-0.15, -0.1) is 0 Å². The zero-order valence-corrected chi connectivity index (χ0v) is 25.4. The molecule has 0 heterocycles. The lowest BCUT2D eigenvalue weighted by molar-refractivity contribution is 0.661. The molecule has 0 radical (unpaired) electrons. The zero-order valence-electron chi connectivity index (χ0n) is 25.4. The van der Waals surface area contributed by atoms with Crippen LogP contribution in [0.25, 0.3) is 87.2 Å². The maximum Gasteiger partial charge on any atom is 0.0159 e. The smallest absolute Gasteiger partial charge is 0.0159 e. The number of rotatable bonds is 2. The Morgan fingerprint density at radius 1 is 0.333 bits per heavy atom. The van der Waals surface area contributed by atoms with Crippen molar-refractivity contribution in [1.82, 2.24) is 0 Å². The van der Waals surface area contributed by atoms with E-state index in [-0.39, 0.29) is 5.41 Å². The first-order valence-corrected chi connectivity index (χ1v) is 15.9. The molecule has 9 aromatic rings. The predicted molar refractivity (Wildman–Crippen MR) is 194 cm³/mol. The fourth-order valence-electron chi connectivity index (χ4n) is 8.37. The largest absolute Gasteiger partial charge is 0.0616 e. The minimum Gasteiger partial charge on any atom is -0.0616 e. The van der Waals surface area contributed by atoms with E-state index in [1.54, 1.807) is 0 Å². The maximum atomic E-state index is 2.47. The monoisotopic (exact) mass is 570 g/mol. The fourth-order valence-corrected chi connectivity index (χ4v) is 8.37. The van der Waals surface area contributed by atoms with E-state index in [1.165, 1.54) is 98.4 Å². The molecule has 0 spiro atoms. The highest BCUT2D eigenvalue weighted by Gasteiger charge is 2.36. The molecular weight excluding hydrogens is 540 g/mol. The zero-order chi connectivity index (χ0) is 29.9. The molecule has 0 atom stereocenters. The summed E-state index contributed by atoms with van der Waals surface area (Å²) in [5.74, 6) is 0. The molecule has 0 nitrogen and oxygen atoms in total. The summed E-state index contributed by atoms with van der Waals surface area (Å²) in [6.07, 6.45) is 0. The van der Waals surface area contributed by atoms with Crippen LogP contribution < -0.4 is 0 Å². The molecule has 210 valence electrons. The molecule has 0 heteroatoms. The van der Waals surface area contributed by atoms with Gasteiger partial charge in [0.1, 0.15) is 0 Å². The van der Waals surface area contributed by atoms with Crippen molar-refractivity contribution in [3.8, 4) is 33.4 Å². The Morgan fingerprint density at radius 2 is 0.889 bits per heavy atom. The van der Waals surface area contributed by atoms with Crippen molar-refractivity contribution in [3.05, 3.63) is 157 Å². The topological polar surface area (TPSA) is 0 Å². The molecule has 0 N–H and O–H groups in total. The summed E-state index contributed by atoms with van der Waals surface area (Å²) >= 11 is 0. The maximum absolute atomic E-state index is 2.47. The Morgan fingerprint density at radius 3 is 1.67 bits per heavy atom. The summed E-state index contributed by atoms with van der Waals surface area (Å²) in [6.45, 7) is 4.77. The molecule has 0 saturated carbocycles. The van der Waals surface area contributed by atoms with Gasteiger partial charge < -0.3 is 0 Å². The molecule has 0 amide bonds. The third-order valence-corrected chi connectivity index (χ3v) is 10.6. The van der Waals surface area contributed by atoms with Crippen molar-refractivity contribution < 1.29 is 0 Å². The van der Waals surface area contributed by atoms with Gasteiger partial charge in [-0.05, 0) is 117 Å². The van der Waals surface area contributed by atoms with Crippen LogP contribution in [-0.4, -0.2) is 0 Å². The van der Waals surface area contributed by atoms with Gasteiger partial charge in [-0.1, -0.05) is 141 Å². The minimum atomic E-state index is -0.0792. The second kappa shape index (κ2) is 8.80. The number of hydrogen-bond acceptors (Lipinski definition) is 0. The highest BCUT2D eigenvalue weighted by atomic mass is 14.4. The normalized spacial score (nSPS) is 13.7. The molecular formula is C45H30. The summed E-state index contributed by atoms with van der Waals surface area (Å²) in [6, 6.07) is 54.7. The second-order valence-corrected chi connectivity index (χ2v) is 13.3. The van der Waals surface area contributed by atoms with Crippen LogP contribution in [0.4, 0.5) is 0 Å². The molecule has 9 aromatic carbocycles.